The lowest BCUT2D eigenvalue weighted by Gasteiger charge is -2.02. The van der Waals surface area contributed by atoms with Crippen LogP contribution >= 0.6 is 0 Å². The number of nitrogens with one attached hydrogen (secondary N) is 2. The van der Waals surface area contributed by atoms with Gasteiger partial charge in [0, 0.05) is 40.0 Å². The molecule has 24 heavy (non-hydrogen) atoms. The molecule has 3 aromatic rings. The molecule has 4 nitrogen and oxygen atoms in total. The molecule has 5 rings (SSSR count). The zero-order valence-electron chi connectivity index (χ0n) is 12.7. The molecule has 0 saturated carbocycles. The SMILES string of the molecule is O=C1N/C(=C2/C=Nc3ccccc32)C=C1c1c[nH]c2ccccc12. The molecule has 0 radical (unpaired) electrons. The highest BCUT2D eigenvalue weighted by molar-refractivity contribution is 6.29. The predicted octanol–water partition coefficient (Wildman–Crippen LogP) is 3.81. The highest BCUT2D eigenvalue weighted by Gasteiger charge is 2.26. The Kier molecular flexibility index (Phi) is 2.61. The van der Waals surface area contributed by atoms with Crippen molar-refractivity contribution >= 4 is 39.9 Å². The van der Waals surface area contributed by atoms with Crippen LogP contribution in [0.4, 0.5) is 5.69 Å². The van der Waals surface area contributed by atoms with Crippen LogP contribution in [0.5, 0.6) is 0 Å². The van der Waals surface area contributed by atoms with Gasteiger partial charge in [0.2, 0.25) is 0 Å². The number of benzene rings is 2. The van der Waals surface area contributed by atoms with E-state index < -0.39 is 0 Å². The second kappa shape index (κ2) is 4.80. The van der Waals surface area contributed by atoms with E-state index in [9.17, 15) is 4.79 Å². The molecule has 0 fully saturated rings. The fourth-order valence-electron chi connectivity index (χ4n) is 3.31. The van der Waals surface area contributed by atoms with Gasteiger partial charge in [-0.2, -0.15) is 0 Å². The molecule has 1 amide bonds. The Bertz CT molecular complexity index is 1100. The molecule has 0 bridgehead atoms. The summed E-state index contributed by atoms with van der Waals surface area (Å²) >= 11 is 0. The average Bonchev–Trinajstić information content (AvgIpc) is 3.30. The van der Waals surface area contributed by atoms with Gasteiger partial charge >= 0.3 is 0 Å². The van der Waals surface area contributed by atoms with Crippen LogP contribution in [0, 0.1) is 0 Å². The first-order valence-electron chi connectivity index (χ1n) is 7.78. The van der Waals surface area contributed by atoms with Gasteiger partial charge < -0.3 is 10.3 Å². The van der Waals surface area contributed by atoms with Crippen molar-refractivity contribution in [1.29, 1.82) is 0 Å². The van der Waals surface area contributed by atoms with Crippen LogP contribution in [0.3, 0.4) is 0 Å². The van der Waals surface area contributed by atoms with Gasteiger partial charge in [0.1, 0.15) is 0 Å². The summed E-state index contributed by atoms with van der Waals surface area (Å²) in [5.41, 5.74) is 6.35. The van der Waals surface area contributed by atoms with E-state index in [2.05, 4.69) is 15.3 Å². The van der Waals surface area contributed by atoms with Crippen LogP contribution in [0.2, 0.25) is 0 Å². The van der Waals surface area contributed by atoms with Crippen LogP contribution in [-0.2, 0) is 4.79 Å². The third kappa shape index (κ3) is 1.80. The van der Waals surface area contributed by atoms with Crippen molar-refractivity contribution in [1.82, 2.24) is 10.3 Å². The molecule has 2 aliphatic heterocycles. The maximum absolute atomic E-state index is 12.5. The number of amides is 1. The molecule has 0 spiro atoms. The predicted molar refractivity (Wildman–Crippen MR) is 95.9 cm³/mol. The normalized spacial score (nSPS) is 18.8. The second-order valence-corrected chi connectivity index (χ2v) is 5.86. The van der Waals surface area contributed by atoms with Crippen molar-refractivity contribution in [2.24, 2.45) is 4.99 Å². The summed E-state index contributed by atoms with van der Waals surface area (Å²) in [4.78, 5) is 20.2. The Morgan fingerprint density at radius 3 is 2.71 bits per heavy atom. The summed E-state index contributed by atoms with van der Waals surface area (Å²) in [6.45, 7) is 0. The van der Waals surface area contributed by atoms with E-state index >= 15 is 0 Å². The second-order valence-electron chi connectivity index (χ2n) is 5.86. The molecule has 3 heterocycles. The van der Waals surface area contributed by atoms with Gasteiger partial charge in [-0.3, -0.25) is 9.79 Å². The summed E-state index contributed by atoms with van der Waals surface area (Å²) in [5, 5.41) is 4.03. The zero-order valence-corrected chi connectivity index (χ0v) is 12.7. The highest BCUT2D eigenvalue weighted by atomic mass is 16.1. The molecule has 2 aromatic carbocycles. The minimum absolute atomic E-state index is 0.0833. The van der Waals surface area contributed by atoms with E-state index in [4.69, 9.17) is 0 Å². The Morgan fingerprint density at radius 2 is 1.75 bits per heavy atom. The van der Waals surface area contributed by atoms with Crippen LogP contribution < -0.4 is 5.32 Å². The van der Waals surface area contributed by atoms with Crippen LogP contribution in [-0.4, -0.2) is 17.1 Å². The molecule has 114 valence electrons. The van der Waals surface area contributed by atoms with E-state index in [0.29, 0.717) is 5.57 Å². The lowest BCUT2D eigenvalue weighted by Crippen LogP contribution is -2.16. The number of aromatic nitrogens is 1. The monoisotopic (exact) mass is 311 g/mol. The standard InChI is InChI=1S/C20H13N3O/c24-20-14(15-10-21-17-7-3-1-5-12(15)17)9-19(23-20)16-11-22-18-8-4-2-6-13(16)18/h1-11,21H,(H,23,24)/b19-16-. The van der Waals surface area contributed by atoms with Gasteiger partial charge in [-0.1, -0.05) is 36.4 Å². The molecular formula is C20H13N3O. The summed E-state index contributed by atoms with van der Waals surface area (Å²) in [6, 6.07) is 15.9. The minimum atomic E-state index is -0.0833. The fourth-order valence-corrected chi connectivity index (χ4v) is 3.31. The number of nitrogens with zero attached hydrogens (tertiary/aromatic N) is 1. The summed E-state index contributed by atoms with van der Waals surface area (Å²) in [7, 11) is 0. The highest BCUT2D eigenvalue weighted by Crippen LogP contribution is 2.36. The number of hydrogen-bond acceptors (Lipinski definition) is 2. The Morgan fingerprint density at radius 1 is 0.917 bits per heavy atom. The Labute approximate surface area is 138 Å². The lowest BCUT2D eigenvalue weighted by molar-refractivity contribution is -0.114. The quantitative estimate of drug-likeness (QED) is 0.705. The molecule has 0 saturated heterocycles. The Hall–Kier alpha value is -3.40. The smallest absolute Gasteiger partial charge is 0.256 e. The molecule has 2 aliphatic rings. The number of allylic oxidation sites excluding steroid dienone is 2. The van der Waals surface area contributed by atoms with Gasteiger partial charge in [0.15, 0.2) is 0 Å². The first-order valence-corrected chi connectivity index (χ1v) is 7.78. The van der Waals surface area contributed by atoms with Crippen LogP contribution in [0.15, 0.2) is 71.5 Å². The molecule has 0 aliphatic carbocycles. The molecule has 0 atom stereocenters. The van der Waals surface area contributed by atoms with Crippen LogP contribution in [0.25, 0.3) is 22.0 Å². The number of para-hydroxylation sites is 2. The number of aromatic amines is 1. The van der Waals surface area contributed by atoms with Crippen molar-refractivity contribution in [2.45, 2.75) is 0 Å². The minimum Gasteiger partial charge on any atom is -0.361 e. The summed E-state index contributed by atoms with van der Waals surface area (Å²) in [6.07, 6.45) is 5.62. The maximum Gasteiger partial charge on any atom is 0.256 e. The number of H-pyrrole nitrogens is 1. The van der Waals surface area contributed by atoms with Gasteiger partial charge in [-0.15, -0.1) is 0 Å². The average molecular weight is 311 g/mol. The van der Waals surface area contributed by atoms with E-state index in [1.807, 2.05) is 67.0 Å². The number of fused-ring (bicyclic) bond motifs is 2. The van der Waals surface area contributed by atoms with Crippen molar-refractivity contribution in [3.05, 3.63) is 77.6 Å². The van der Waals surface area contributed by atoms with E-state index in [1.54, 1.807) is 0 Å². The molecule has 0 unspecified atom stereocenters. The van der Waals surface area contributed by atoms with Gasteiger partial charge in [0.05, 0.1) is 17.0 Å². The van der Waals surface area contributed by atoms with Crippen molar-refractivity contribution in [3.63, 3.8) is 0 Å². The number of carbonyl (C=O) groups excluding carboxylic acids is 1. The van der Waals surface area contributed by atoms with Crippen molar-refractivity contribution in [2.75, 3.05) is 0 Å². The van der Waals surface area contributed by atoms with Crippen molar-refractivity contribution < 1.29 is 4.79 Å². The first-order chi connectivity index (χ1) is 11.8. The van der Waals surface area contributed by atoms with E-state index in [0.717, 1.165) is 39.0 Å². The maximum atomic E-state index is 12.5. The van der Waals surface area contributed by atoms with Crippen molar-refractivity contribution in [3.8, 4) is 0 Å². The summed E-state index contributed by atoms with van der Waals surface area (Å²) < 4.78 is 0. The van der Waals surface area contributed by atoms with Gasteiger partial charge in [-0.05, 0) is 18.2 Å². The molecule has 1 aromatic heterocycles. The third-order valence-electron chi connectivity index (χ3n) is 4.48. The number of carbonyl (C=O) groups is 1. The molecular weight excluding hydrogens is 298 g/mol. The lowest BCUT2D eigenvalue weighted by atomic mass is 10.0. The van der Waals surface area contributed by atoms with E-state index in [1.165, 1.54) is 0 Å². The third-order valence-corrected chi connectivity index (χ3v) is 4.48. The largest absolute Gasteiger partial charge is 0.361 e. The topological polar surface area (TPSA) is 57.2 Å². The van der Waals surface area contributed by atoms with Gasteiger partial charge in [0.25, 0.3) is 5.91 Å². The van der Waals surface area contributed by atoms with Crippen LogP contribution in [0.1, 0.15) is 11.1 Å². The molecule has 2 N–H and O–H groups in total. The number of rotatable bonds is 1. The fraction of sp³-hybridized carbons (Fsp3) is 0. The number of aliphatic imine (C=N–C) groups is 1. The first kappa shape index (κ1) is 13.1. The van der Waals surface area contributed by atoms with E-state index in [-0.39, 0.29) is 5.91 Å². The number of hydrogen-bond donors (Lipinski definition) is 2. The Balaban J connectivity index is 1.67. The zero-order chi connectivity index (χ0) is 16.1. The summed E-state index contributed by atoms with van der Waals surface area (Å²) in [5.74, 6) is -0.0833. The molecule has 4 heteroatoms. The van der Waals surface area contributed by atoms with Gasteiger partial charge in [-0.25, -0.2) is 0 Å².